The molecule has 2 unspecified atom stereocenters. The van der Waals surface area contributed by atoms with Gasteiger partial charge in [0.15, 0.2) is 0 Å². The van der Waals surface area contributed by atoms with Crippen LogP contribution in [-0.2, 0) is 4.79 Å². The minimum Gasteiger partial charge on any atom is -0.390 e. The summed E-state index contributed by atoms with van der Waals surface area (Å²) < 4.78 is 0. The lowest BCUT2D eigenvalue weighted by Gasteiger charge is -2.61. The van der Waals surface area contributed by atoms with Gasteiger partial charge in [-0.05, 0) is 74.5 Å². The number of fused-ring (bicyclic) bond motifs is 1. The molecule has 0 radical (unpaired) electrons. The van der Waals surface area contributed by atoms with E-state index >= 15 is 0 Å². The summed E-state index contributed by atoms with van der Waals surface area (Å²) in [5.74, 6) is 2.15. The van der Waals surface area contributed by atoms with Crippen LogP contribution >= 0.6 is 0 Å². The molecule has 1 amide bonds. The molecule has 1 aliphatic heterocycles. The minimum atomic E-state index is -0.519. The summed E-state index contributed by atoms with van der Waals surface area (Å²) in [6.45, 7) is 0.912. The fraction of sp³-hybridized carbons (Fsp3) is 0.941. The van der Waals surface area contributed by atoms with Crippen molar-refractivity contribution in [2.45, 2.75) is 69.1 Å². The van der Waals surface area contributed by atoms with Gasteiger partial charge in [-0.2, -0.15) is 0 Å². The number of amides is 1. The molecule has 3 N–H and O–H groups in total. The van der Waals surface area contributed by atoms with Crippen molar-refractivity contribution in [2.75, 3.05) is 6.54 Å². The molecule has 5 aliphatic carbocycles. The zero-order valence-electron chi connectivity index (χ0n) is 12.6. The standard InChI is InChI=1S/C17H26N2O2/c18-14(15(20)19-2-1-12-4-13(12)19)16-5-10-3-11(6-16)8-17(21,7-10)9-16/h10-14,21H,1-9,18H2/t10?,11?,12-,13-,14-,16?,17?/m1/s1. The van der Waals surface area contributed by atoms with E-state index in [-0.39, 0.29) is 17.4 Å². The molecule has 5 saturated carbocycles. The summed E-state index contributed by atoms with van der Waals surface area (Å²) in [7, 11) is 0. The SMILES string of the molecule is N[C@H](C(=O)N1CC[C@@H]2C[C@H]21)C12CC3CC(CC(O)(C3)C1)C2. The molecule has 0 aromatic heterocycles. The highest BCUT2D eigenvalue weighted by molar-refractivity contribution is 5.83. The first-order valence-electron chi connectivity index (χ1n) is 8.77. The Morgan fingerprint density at radius 1 is 1.19 bits per heavy atom. The first-order chi connectivity index (χ1) is 9.98. The van der Waals surface area contributed by atoms with Crippen LogP contribution in [0.2, 0.25) is 0 Å². The largest absolute Gasteiger partial charge is 0.390 e. The molecule has 21 heavy (non-hydrogen) atoms. The Bertz CT molecular complexity index is 491. The van der Waals surface area contributed by atoms with Crippen LogP contribution in [0.5, 0.6) is 0 Å². The normalized spacial score (nSPS) is 54.7. The van der Waals surface area contributed by atoms with Crippen LogP contribution in [0.25, 0.3) is 0 Å². The van der Waals surface area contributed by atoms with E-state index in [1.165, 1.54) is 19.3 Å². The molecule has 6 rings (SSSR count). The van der Waals surface area contributed by atoms with Gasteiger partial charge in [-0.1, -0.05) is 0 Å². The van der Waals surface area contributed by atoms with Crippen molar-refractivity contribution in [3.8, 4) is 0 Å². The number of likely N-dealkylation sites (tertiary alicyclic amines) is 1. The lowest BCUT2D eigenvalue weighted by molar-refractivity contribution is -0.177. The van der Waals surface area contributed by atoms with E-state index in [0.717, 1.165) is 44.6 Å². The maximum absolute atomic E-state index is 12.9. The number of piperidine rings is 1. The molecule has 5 atom stereocenters. The Labute approximate surface area is 126 Å². The van der Waals surface area contributed by atoms with Crippen LogP contribution in [0, 0.1) is 23.2 Å². The summed E-state index contributed by atoms with van der Waals surface area (Å²) in [6, 6.07) is 0.120. The third-order valence-corrected chi connectivity index (χ3v) is 7.31. The molecule has 4 heteroatoms. The van der Waals surface area contributed by atoms with Crippen LogP contribution < -0.4 is 5.73 Å². The highest BCUT2D eigenvalue weighted by Crippen LogP contribution is 2.62. The molecule has 1 saturated heterocycles. The topological polar surface area (TPSA) is 66.6 Å². The van der Waals surface area contributed by atoms with Gasteiger partial charge in [-0.3, -0.25) is 4.79 Å². The molecular formula is C17H26N2O2. The van der Waals surface area contributed by atoms with Crippen molar-refractivity contribution in [2.24, 2.45) is 28.9 Å². The average molecular weight is 290 g/mol. The molecule has 1 heterocycles. The zero-order chi connectivity index (χ0) is 14.4. The minimum absolute atomic E-state index is 0.108. The molecule has 0 aromatic rings. The molecular weight excluding hydrogens is 264 g/mol. The predicted molar refractivity (Wildman–Crippen MR) is 78.3 cm³/mol. The van der Waals surface area contributed by atoms with E-state index < -0.39 is 5.60 Å². The Balaban J connectivity index is 1.42. The van der Waals surface area contributed by atoms with Gasteiger partial charge in [0.2, 0.25) is 5.91 Å². The highest BCUT2D eigenvalue weighted by atomic mass is 16.3. The Kier molecular flexibility index (Phi) is 2.35. The van der Waals surface area contributed by atoms with Gasteiger partial charge >= 0.3 is 0 Å². The maximum atomic E-state index is 12.9. The van der Waals surface area contributed by atoms with E-state index in [2.05, 4.69) is 4.90 Å². The quantitative estimate of drug-likeness (QED) is 0.805. The van der Waals surface area contributed by atoms with E-state index in [1.807, 2.05) is 0 Å². The zero-order valence-corrected chi connectivity index (χ0v) is 12.6. The van der Waals surface area contributed by atoms with Gasteiger partial charge in [-0.15, -0.1) is 0 Å². The molecule has 4 nitrogen and oxygen atoms in total. The van der Waals surface area contributed by atoms with Crippen molar-refractivity contribution in [3.63, 3.8) is 0 Å². The fourth-order valence-electron chi connectivity index (χ4n) is 6.76. The monoisotopic (exact) mass is 290 g/mol. The average Bonchev–Trinajstić information content (AvgIpc) is 3.05. The van der Waals surface area contributed by atoms with E-state index in [1.54, 1.807) is 0 Å². The van der Waals surface area contributed by atoms with E-state index in [4.69, 9.17) is 5.73 Å². The second-order valence-corrected chi connectivity index (χ2v) is 8.91. The Morgan fingerprint density at radius 2 is 1.90 bits per heavy atom. The summed E-state index contributed by atoms with van der Waals surface area (Å²) >= 11 is 0. The maximum Gasteiger partial charge on any atom is 0.240 e. The molecule has 0 spiro atoms. The summed E-state index contributed by atoms with van der Waals surface area (Å²) in [5, 5.41) is 10.8. The van der Waals surface area contributed by atoms with Crippen molar-refractivity contribution < 1.29 is 9.90 Å². The number of carbonyl (C=O) groups excluding carboxylic acids is 1. The van der Waals surface area contributed by atoms with Gasteiger partial charge in [0.25, 0.3) is 0 Å². The van der Waals surface area contributed by atoms with E-state index in [0.29, 0.717) is 17.9 Å². The number of nitrogens with zero attached hydrogens (tertiary/aromatic N) is 1. The number of carbonyl (C=O) groups is 1. The number of aliphatic hydroxyl groups is 1. The fourth-order valence-corrected chi connectivity index (χ4v) is 6.76. The van der Waals surface area contributed by atoms with Crippen LogP contribution in [0.15, 0.2) is 0 Å². The second-order valence-electron chi connectivity index (χ2n) is 8.91. The van der Waals surface area contributed by atoms with Gasteiger partial charge in [0.05, 0.1) is 11.6 Å². The summed E-state index contributed by atoms with van der Waals surface area (Å²) in [5.41, 5.74) is 5.91. The molecule has 6 fully saturated rings. The molecule has 0 aromatic carbocycles. The van der Waals surface area contributed by atoms with Crippen LogP contribution in [-0.4, -0.2) is 40.1 Å². The first kappa shape index (κ1) is 12.9. The number of hydrogen-bond acceptors (Lipinski definition) is 3. The van der Waals surface area contributed by atoms with E-state index in [9.17, 15) is 9.90 Å². The van der Waals surface area contributed by atoms with Crippen molar-refractivity contribution in [1.29, 1.82) is 0 Å². The molecule has 6 aliphatic rings. The number of hydrogen-bond donors (Lipinski definition) is 2. The molecule has 116 valence electrons. The predicted octanol–water partition coefficient (Wildman–Crippen LogP) is 1.27. The second kappa shape index (κ2) is 3.83. The Morgan fingerprint density at radius 3 is 2.43 bits per heavy atom. The molecule has 4 bridgehead atoms. The highest BCUT2D eigenvalue weighted by Gasteiger charge is 2.61. The smallest absolute Gasteiger partial charge is 0.240 e. The first-order valence-corrected chi connectivity index (χ1v) is 8.77. The number of nitrogens with two attached hydrogens (primary N) is 1. The lowest BCUT2D eigenvalue weighted by Crippen LogP contribution is -2.64. The van der Waals surface area contributed by atoms with Crippen LogP contribution in [0.4, 0.5) is 0 Å². The summed E-state index contributed by atoms with van der Waals surface area (Å²) in [4.78, 5) is 15.0. The third-order valence-electron chi connectivity index (χ3n) is 7.31. The van der Waals surface area contributed by atoms with Gasteiger partial charge in [-0.25, -0.2) is 0 Å². The van der Waals surface area contributed by atoms with Gasteiger partial charge in [0, 0.05) is 12.6 Å². The van der Waals surface area contributed by atoms with Crippen molar-refractivity contribution in [3.05, 3.63) is 0 Å². The number of rotatable bonds is 2. The lowest BCUT2D eigenvalue weighted by atomic mass is 9.46. The van der Waals surface area contributed by atoms with Crippen LogP contribution in [0.1, 0.15) is 51.4 Å². The Hall–Kier alpha value is -0.610. The van der Waals surface area contributed by atoms with Gasteiger partial charge < -0.3 is 15.7 Å². The van der Waals surface area contributed by atoms with Crippen LogP contribution in [0.3, 0.4) is 0 Å². The van der Waals surface area contributed by atoms with Crippen molar-refractivity contribution in [1.82, 2.24) is 4.90 Å². The summed E-state index contributed by atoms with van der Waals surface area (Å²) in [6.07, 6.45) is 8.41. The van der Waals surface area contributed by atoms with Crippen molar-refractivity contribution >= 4 is 5.91 Å². The van der Waals surface area contributed by atoms with Gasteiger partial charge in [0.1, 0.15) is 0 Å². The third kappa shape index (κ3) is 1.72.